The number of rotatable bonds is 4. The monoisotopic (exact) mass is 289 g/mol. The van der Waals surface area contributed by atoms with Gasteiger partial charge in [0.25, 0.3) is 11.6 Å². The summed E-state index contributed by atoms with van der Waals surface area (Å²) in [6, 6.07) is 5.02. The van der Waals surface area contributed by atoms with Gasteiger partial charge in [-0.1, -0.05) is 0 Å². The van der Waals surface area contributed by atoms with Crippen LogP contribution < -0.4 is 5.43 Å². The normalized spacial score (nSPS) is 10.7. The molecule has 1 aromatic carbocycles. The van der Waals surface area contributed by atoms with Crippen LogP contribution in [0, 0.1) is 17.0 Å². The van der Waals surface area contributed by atoms with Crippen molar-refractivity contribution in [3.63, 3.8) is 0 Å². The minimum absolute atomic E-state index is 0.114. The van der Waals surface area contributed by atoms with Crippen LogP contribution >= 0.6 is 0 Å². The van der Waals surface area contributed by atoms with Crippen LogP contribution in [0.3, 0.4) is 0 Å². The first kappa shape index (κ1) is 14.2. The van der Waals surface area contributed by atoms with Crippen LogP contribution in [0.1, 0.15) is 21.7 Å². The maximum absolute atomic E-state index is 11.6. The summed E-state index contributed by atoms with van der Waals surface area (Å²) in [7, 11) is 0. The molecule has 0 aliphatic heterocycles. The van der Waals surface area contributed by atoms with E-state index in [-0.39, 0.29) is 22.7 Å². The lowest BCUT2D eigenvalue weighted by Gasteiger charge is -1.99. The zero-order chi connectivity index (χ0) is 15.4. The number of aryl methyl sites for hydroxylation is 1. The molecule has 1 heterocycles. The highest BCUT2D eigenvalue weighted by Crippen LogP contribution is 2.21. The summed E-state index contributed by atoms with van der Waals surface area (Å²) in [4.78, 5) is 21.7. The van der Waals surface area contributed by atoms with Gasteiger partial charge in [-0.05, 0) is 19.1 Å². The largest absolute Gasteiger partial charge is 0.507 e. The number of nitro benzene ring substituents is 1. The van der Waals surface area contributed by atoms with Gasteiger partial charge in [0, 0.05) is 23.4 Å². The van der Waals surface area contributed by atoms with Gasteiger partial charge in [-0.2, -0.15) is 10.2 Å². The van der Waals surface area contributed by atoms with Crippen LogP contribution in [0.5, 0.6) is 5.75 Å². The van der Waals surface area contributed by atoms with Crippen molar-refractivity contribution in [3.8, 4) is 5.75 Å². The van der Waals surface area contributed by atoms with Crippen molar-refractivity contribution in [3.05, 3.63) is 51.3 Å². The van der Waals surface area contributed by atoms with E-state index in [1.54, 1.807) is 6.92 Å². The minimum Gasteiger partial charge on any atom is -0.507 e. The number of aromatic hydroxyl groups is 1. The van der Waals surface area contributed by atoms with Gasteiger partial charge in [0.15, 0.2) is 5.69 Å². The van der Waals surface area contributed by atoms with Gasteiger partial charge in [-0.3, -0.25) is 20.0 Å². The highest BCUT2D eigenvalue weighted by Gasteiger charge is 2.10. The molecule has 0 saturated heterocycles. The fraction of sp³-hybridized carbons (Fsp3) is 0.0833. The van der Waals surface area contributed by atoms with Gasteiger partial charge in [-0.15, -0.1) is 0 Å². The Morgan fingerprint density at radius 3 is 2.90 bits per heavy atom. The smallest absolute Gasteiger partial charge is 0.291 e. The summed E-state index contributed by atoms with van der Waals surface area (Å²) < 4.78 is 0. The van der Waals surface area contributed by atoms with E-state index in [1.165, 1.54) is 12.1 Å². The molecule has 108 valence electrons. The summed E-state index contributed by atoms with van der Waals surface area (Å²) >= 11 is 0. The van der Waals surface area contributed by atoms with Crippen molar-refractivity contribution in [2.24, 2.45) is 5.10 Å². The molecule has 3 N–H and O–H groups in total. The van der Waals surface area contributed by atoms with Gasteiger partial charge in [0.05, 0.1) is 11.1 Å². The van der Waals surface area contributed by atoms with Crippen LogP contribution in [0.15, 0.2) is 29.4 Å². The molecular weight excluding hydrogens is 278 g/mol. The summed E-state index contributed by atoms with van der Waals surface area (Å²) in [6.45, 7) is 1.74. The summed E-state index contributed by atoms with van der Waals surface area (Å²) in [5.41, 5.74) is 3.01. The van der Waals surface area contributed by atoms with E-state index in [0.717, 1.165) is 24.0 Å². The van der Waals surface area contributed by atoms with Crippen LogP contribution in [0.25, 0.3) is 0 Å². The number of phenolic OH excluding ortho intramolecular Hbond substituents is 1. The van der Waals surface area contributed by atoms with Crippen molar-refractivity contribution in [2.75, 3.05) is 0 Å². The number of carbonyl (C=O) groups excluding carboxylic acids is 1. The summed E-state index contributed by atoms with van der Waals surface area (Å²) in [5.74, 6) is -0.727. The number of hydrazone groups is 1. The fourth-order valence-corrected chi connectivity index (χ4v) is 1.51. The molecule has 0 bridgehead atoms. The third-order valence-electron chi connectivity index (χ3n) is 2.53. The number of nitro groups is 1. The second kappa shape index (κ2) is 5.82. The molecule has 21 heavy (non-hydrogen) atoms. The number of non-ortho nitro benzene ring substituents is 1. The van der Waals surface area contributed by atoms with E-state index in [2.05, 4.69) is 20.7 Å². The van der Waals surface area contributed by atoms with Gasteiger partial charge in [0.2, 0.25) is 0 Å². The number of aromatic amines is 1. The van der Waals surface area contributed by atoms with E-state index in [0.29, 0.717) is 0 Å². The van der Waals surface area contributed by atoms with Gasteiger partial charge >= 0.3 is 0 Å². The Labute approximate surface area is 118 Å². The van der Waals surface area contributed by atoms with Gasteiger partial charge in [-0.25, -0.2) is 5.43 Å². The first-order valence-electron chi connectivity index (χ1n) is 5.80. The molecule has 0 spiro atoms. The third-order valence-corrected chi connectivity index (χ3v) is 2.53. The zero-order valence-electron chi connectivity index (χ0n) is 10.9. The number of phenols is 1. The Morgan fingerprint density at radius 2 is 2.29 bits per heavy atom. The standard InChI is InChI=1S/C12H11N5O4/c1-7-4-10(15-14-7)12(19)16-13-6-8-5-9(17(20)21)2-3-11(8)18/h2-6,18H,1H3,(H,14,15)(H,16,19)/b13-6-. The molecule has 2 aromatic rings. The lowest BCUT2D eigenvalue weighted by atomic mass is 10.2. The number of aromatic nitrogens is 2. The van der Waals surface area contributed by atoms with E-state index >= 15 is 0 Å². The van der Waals surface area contributed by atoms with Crippen LogP contribution in [0.4, 0.5) is 5.69 Å². The Balaban J connectivity index is 2.09. The molecule has 0 unspecified atom stereocenters. The number of amides is 1. The Bertz CT molecular complexity index is 722. The number of nitrogens with zero attached hydrogens (tertiary/aromatic N) is 3. The molecule has 1 aromatic heterocycles. The SMILES string of the molecule is Cc1cc(C(=O)N/N=C\c2cc([N+](=O)[O-])ccc2O)n[nH]1. The molecule has 2 rings (SSSR count). The van der Waals surface area contributed by atoms with Gasteiger partial charge in [0.1, 0.15) is 5.75 Å². The van der Waals surface area contributed by atoms with E-state index in [4.69, 9.17) is 0 Å². The second-order valence-corrected chi connectivity index (χ2v) is 4.14. The van der Waals surface area contributed by atoms with Crippen molar-refractivity contribution in [2.45, 2.75) is 6.92 Å². The molecule has 1 amide bonds. The highest BCUT2D eigenvalue weighted by atomic mass is 16.6. The van der Waals surface area contributed by atoms with Crippen molar-refractivity contribution in [1.29, 1.82) is 0 Å². The van der Waals surface area contributed by atoms with E-state index in [1.807, 2.05) is 0 Å². The lowest BCUT2D eigenvalue weighted by molar-refractivity contribution is -0.384. The average molecular weight is 289 g/mol. The van der Waals surface area contributed by atoms with Crippen LogP contribution in [-0.4, -0.2) is 32.3 Å². The number of H-pyrrole nitrogens is 1. The molecule has 0 saturated carbocycles. The fourth-order valence-electron chi connectivity index (χ4n) is 1.51. The molecule has 0 aliphatic carbocycles. The highest BCUT2D eigenvalue weighted by molar-refractivity contribution is 5.93. The molecule has 0 radical (unpaired) electrons. The predicted octanol–water partition coefficient (Wildman–Crippen LogP) is 1.10. The van der Waals surface area contributed by atoms with Crippen molar-refractivity contribution in [1.82, 2.24) is 15.6 Å². The van der Waals surface area contributed by atoms with Crippen LogP contribution in [0.2, 0.25) is 0 Å². The van der Waals surface area contributed by atoms with E-state index in [9.17, 15) is 20.0 Å². The van der Waals surface area contributed by atoms with Crippen LogP contribution in [-0.2, 0) is 0 Å². The molecular formula is C12H11N5O4. The maximum atomic E-state index is 11.6. The molecule has 0 aliphatic rings. The average Bonchev–Trinajstić information content (AvgIpc) is 2.87. The number of carbonyl (C=O) groups is 1. The Kier molecular flexibility index (Phi) is 3.93. The number of benzene rings is 1. The third kappa shape index (κ3) is 3.41. The number of nitrogens with one attached hydrogen (secondary N) is 2. The molecule has 9 nitrogen and oxygen atoms in total. The second-order valence-electron chi connectivity index (χ2n) is 4.14. The molecule has 0 fully saturated rings. The van der Waals surface area contributed by atoms with Crippen molar-refractivity contribution >= 4 is 17.8 Å². The first-order valence-corrected chi connectivity index (χ1v) is 5.80. The topological polar surface area (TPSA) is 134 Å². The molecule has 9 heteroatoms. The minimum atomic E-state index is -0.595. The summed E-state index contributed by atoms with van der Waals surface area (Å²) in [6.07, 6.45) is 1.11. The zero-order valence-corrected chi connectivity index (χ0v) is 10.9. The quantitative estimate of drug-likeness (QED) is 0.440. The Hall–Kier alpha value is -3.23. The van der Waals surface area contributed by atoms with E-state index < -0.39 is 10.8 Å². The van der Waals surface area contributed by atoms with Gasteiger partial charge < -0.3 is 5.11 Å². The number of hydrogen-bond acceptors (Lipinski definition) is 6. The number of hydrogen-bond donors (Lipinski definition) is 3. The maximum Gasteiger partial charge on any atom is 0.291 e. The first-order chi connectivity index (χ1) is 9.97. The Morgan fingerprint density at radius 1 is 1.52 bits per heavy atom. The predicted molar refractivity (Wildman–Crippen MR) is 73.1 cm³/mol. The summed E-state index contributed by atoms with van der Waals surface area (Å²) in [5, 5.41) is 30.2. The lowest BCUT2D eigenvalue weighted by Crippen LogP contribution is -2.18. The molecule has 0 atom stereocenters. The van der Waals surface area contributed by atoms with Crippen molar-refractivity contribution < 1.29 is 14.8 Å².